The molecule has 0 N–H and O–H groups in total. The minimum atomic E-state index is 0.624. The molecule has 0 aliphatic carbocycles. The van der Waals surface area contributed by atoms with Crippen molar-refractivity contribution in [3.63, 3.8) is 0 Å². The maximum atomic E-state index is 6.38. The van der Waals surface area contributed by atoms with E-state index in [4.69, 9.17) is 24.4 Å². The van der Waals surface area contributed by atoms with Crippen LogP contribution in [-0.2, 0) is 0 Å². The molecule has 0 saturated carbocycles. The maximum absolute atomic E-state index is 6.38. The Kier molecular flexibility index (Phi) is 6.11. The lowest BCUT2D eigenvalue weighted by atomic mass is 10.0. The van der Waals surface area contributed by atoms with Crippen molar-refractivity contribution < 1.29 is 4.42 Å². The van der Waals surface area contributed by atoms with Crippen LogP contribution >= 0.6 is 0 Å². The molecular formula is C44H26N4O. The van der Waals surface area contributed by atoms with Gasteiger partial charge in [-0.3, -0.25) is 0 Å². The fourth-order valence-corrected chi connectivity index (χ4v) is 6.85. The Balaban J connectivity index is 1.16. The third-order valence-corrected chi connectivity index (χ3v) is 9.27. The van der Waals surface area contributed by atoms with Gasteiger partial charge in [0.15, 0.2) is 5.82 Å². The van der Waals surface area contributed by atoms with Crippen molar-refractivity contribution in [2.75, 3.05) is 0 Å². The highest BCUT2D eigenvalue weighted by molar-refractivity contribution is 6.09. The van der Waals surface area contributed by atoms with Crippen molar-refractivity contribution in [2.45, 2.75) is 0 Å². The summed E-state index contributed by atoms with van der Waals surface area (Å²) in [7, 11) is 0. The first-order valence-corrected chi connectivity index (χ1v) is 16.3. The van der Waals surface area contributed by atoms with E-state index in [1.807, 2.05) is 66.7 Å². The lowest BCUT2D eigenvalue weighted by molar-refractivity contribution is 0.669. The molecule has 10 aromatic rings. The average molecular weight is 627 g/mol. The monoisotopic (exact) mass is 626 g/mol. The Bertz CT molecular complexity index is 2880. The molecule has 0 unspecified atom stereocenters. The molecular weight excluding hydrogens is 601 g/mol. The van der Waals surface area contributed by atoms with Gasteiger partial charge in [-0.25, -0.2) is 19.9 Å². The van der Waals surface area contributed by atoms with E-state index in [1.165, 1.54) is 0 Å². The number of para-hydroxylation sites is 2. The highest BCUT2D eigenvalue weighted by atomic mass is 16.3. The lowest BCUT2D eigenvalue weighted by Gasteiger charge is -2.12. The predicted octanol–water partition coefficient (Wildman–Crippen LogP) is 11.3. The Labute approximate surface area is 281 Å². The maximum Gasteiger partial charge on any atom is 0.164 e. The molecule has 4 aromatic heterocycles. The molecule has 228 valence electrons. The van der Waals surface area contributed by atoms with E-state index in [-0.39, 0.29) is 0 Å². The molecule has 0 aliphatic rings. The first kappa shape index (κ1) is 27.4. The standard InChI is InChI=1S/C44H26N4O/c1-3-10-27(11-4-1)36-23-20-29-18-19-30-21-24-37(46-42(30)41(29)45-36)31-22-25-38-35(26-31)40(28-12-5-2-6-13-28)48-44(47-38)34-16-9-15-33-32-14-7-8-17-39(32)49-43(33)34/h1-26H. The summed E-state index contributed by atoms with van der Waals surface area (Å²) < 4.78 is 6.38. The van der Waals surface area contributed by atoms with Gasteiger partial charge >= 0.3 is 0 Å². The molecule has 0 saturated heterocycles. The Morgan fingerprint density at radius 2 is 1.04 bits per heavy atom. The Hall–Kier alpha value is -6.72. The number of aromatic nitrogens is 4. The highest BCUT2D eigenvalue weighted by Crippen LogP contribution is 2.38. The summed E-state index contributed by atoms with van der Waals surface area (Å²) in [6.45, 7) is 0. The summed E-state index contributed by atoms with van der Waals surface area (Å²) in [5.74, 6) is 0.624. The molecule has 0 spiro atoms. The van der Waals surface area contributed by atoms with Gasteiger partial charge in [-0.1, -0.05) is 121 Å². The van der Waals surface area contributed by atoms with E-state index in [2.05, 4.69) is 91.0 Å². The SMILES string of the molecule is c1ccc(-c2ccc3ccc4ccc(-c5ccc6nc(-c7cccc8c7oc7ccccc78)nc(-c7ccccc7)c6c5)nc4c3n2)cc1. The van der Waals surface area contributed by atoms with Crippen LogP contribution in [0.3, 0.4) is 0 Å². The quantitative estimate of drug-likeness (QED) is 0.182. The molecule has 0 amide bonds. The second-order valence-electron chi connectivity index (χ2n) is 12.2. The van der Waals surface area contributed by atoms with E-state index in [0.717, 1.165) is 94.0 Å². The predicted molar refractivity (Wildman–Crippen MR) is 199 cm³/mol. The topological polar surface area (TPSA) is 64.7 Å². The highest BCUT2D eigenvalue weighted by Gasteiger charge is 2.18. The van der Waals surface area contributed by atoms with Crippen LogP contribution in [0.1, 0.15) is 0 Å². The minimum Gasteiger partial charge on any atom is -0.455 e. The smallest absolute Gasteiger partial charge is 0.164 e. The molecule has 5 heteroatoms. The number of hydrogen-bond acceptors (Lipinski definition) is 5. The van der Waals surface area contributed by atoms with Crippen LogP contribution in [0.25, 0.3) is 99.8 Å². The molecule has 10 rings (SSSR count). The number of hydrogen-bond donors (Lipinski definition) is 0. The van der Waals surface area contributed by atoms with Gasteiger partial charge in [-0.15, -0.1) is 0 Å². The molecule has 6 aromatic carbocycles. The molecule has 5 nitrogen and oxygen atoms in total. The number of furan rings is 1. The number of pyridine rings is 2. The average Bonchev–Trinajstić information content (AvgIpc) is 3.56. The van der Waals surface area contributed by atoms with Crippen LogP contribution in [0.2, 0.25) is 0 Å². The molecule has 0 radical (unpaired) electrons. The van der Waals surface area contributed by atoms with E-state index in [1.54, 1.807) is 0 Å². The van der Waals surface area contributed by atoms with Gasteiger partial charge in [-0.05, 0) is 36.4 Å². The fourth-order valence-electron chi connectivity index (χ4n) is 6.85. The molecule has 0 atom stereocenters. The van der Waals surface area contributed by atoms with Crippen molar-refractivity contribution >= 4 is 54.6 Å². The number of rotatable bonds is 4. The zero-order valence-corrected chi connectivity index (χ0v) is 26.2. The summed E-state index contributed by atoms with van der Waals surface area (Å²) in [6, 6.07) is 53.8. The summed E-state index contributed by atoms with van der Waals surface area (Å²) in [4.78, 5) is 20.7. The van der Waals surface area contributed by atoms with Gasteiger partial charge < -0.3 is 4.42 Å². The third kappa shape index (κ3) is 4.55. The Morgan fingerprint density at radius 3 is 1.80 bits per heavy atom. The van der Waals surface area contributed by atoms with E-state index in [0.29, 0.717) is 5.82 Å². The number of nitrogens with zero attached hydrogens (tertiary/aromatic N) is 4. The van der Waals surface area contributed by atoms with Crippen LogP contribution < -0.4 is 0 Å². The largest absolute Gasteiger partial charge is 0.455 e. The van der Waals surface area contributed by atoms with E-state index < -0.39 is 0 Å². The van der Waals surface area contributed by atoms with Crippen LogP contribution in [0.15, 0.2) is 162 Å². The second kappa shape index (κ2) is 10.9. The van der Waals surface area contributed by atoms with Crippen LogP contribution in [0, 0.1) is 0 Å². The van der Waals surface area contributed by atoms with Crippen LogP contribution in [0.4, 0.5) is 0 Å². The van der Waals surface area contributed by atoms with E-state index >= 15 is 0 Å². The normalized spacial score (nSPS) is 11.7. The molecule has 0 bridgehead atoms. The number of fused-ring (bicyclic) bond motifs is 7. The van der Waals surface area contributed by atoms with Gasteiger partial charge in [0.2, 0.25) is 0 Å². The summed E-state index contributed by atoms with van der Waals surface area (Å²) in [6.07, 6.45) is 0. The number of benzene rings is 6. The van der Waals surface area contributed by atoms with Gasteiger partial charge in [-0.2, -0.15) is 0 Å². The van der Waals surface area contributed by atoms with Crippen molar-refractivity contribution in [1.82, 2.24) is 19.9 Å². The van der Waals surface area contributed by atoms with Crippen molar-refractivity contribution in [3.8, 4) is 45.2 Å². The molecule has 0 fully saturated rings. The molecule has 4 heterocycles. The van der Waals surface area contributed by atoms with Crippen molar-refractivity contribution in [2.24, 2.45) is 0 Å². The van der Waals surface area contributed by atoms with Gasteiger partial charge in [0.05, 0.1) is 39.2 Å². The van der Waals surface area contributed by atoms with E-state index in [9.17, 15) is 0 Å². The zero-order chi connectivity index (χ0) is 32.3. The van der Waals surface area contributed by atoms with Gasteiger partial charge in [0.1, 0.15) is 11.2 Å². The molecule has 49 heavy (non-hydrogen) atoms. The third-order valence-electron chi connectivity index (χ3n) is 9.27. The van der Waals surface area contributed by atoms with Crippen molar-refractivity contribution in [3.05, 3.63) is 158 Å². The summed E-state index contributed by atoms with van der Waals surface area (Å²) >= 11 is 0. The fraction of sp³-hybridized carbons (Fsp3) is 0. The first-order valence-electron chi connectivity index (χ1n) is 16.3. The first-order chi connectivity index (χ1) is 24.3. The zero-order valence-electron chi connectivity index (χ0n) is 26.2. The Morgan fingerprint density at radius 1 is 0.408 bits per heavy atom. The van der Waals surface area contributed by atoms with Gasteiger partial charge in [0, 0.05) is 43.6 Å². The van der Waals surface area contributed by atoms with Crippen molar-refractivity contribution in [1.29, 1.82) is 0 Å². The second-order valence-corrected chi connectivity index (χ2v) is 12.2. The summed E-state index contributed by atoms with van der Waals surface area (Å²) in [5.41, 5.74) is 10.8. The van der Waals surface area contributed by atoms with Gasteiger partial charge in [0.25, 0.3) is 0 Å². The minimum absolute atomic E-state index is 0.624. The lowest BCUT2D eigenvalue weighted by Crippen LogP contribution is -1.96. The summed E-state index contributed by atoms with van der Waals surface area (Å²) in [5, 5.41) is 5.19. The van der Waals surface area contributed by atoms with Crippen LogP contribution in [0.5, 0.6) is 0 Å². The van der Waals surface area contributed by atoms with Crippen LogP contribution in [-0.4, -0.2) is 19.9 Å². The molecule has 0 aliphatic heterocycles.